The van der Waals surface area contributed by atoms with Crippen molar-refractivity contribution in [2.75, 3.05) is 52.2 Å². The minimum absolute atomic E-state index is 0.704. The molecule has 0 radical (unpaired) electrons. The number of hydrogen-bond acceptors (Lipinski definition) is 6. The fourth-order valence-corrected chi connectivity index (χ4v) is 3.78. The molecule has 4 rings (SSSR count). The van der Waals surface area contributed by atoms with E-state index in [0.29, 0.717) is 6.54 Å². The van der Waals surface area contributed by atoms with Crippen LogP contribution in [-0.2, 0) is 13.1 Å². The summed E-state index contributed by atoms with van der Waals surface area (Å²) in [6.45, 7) is 5.32. The maximum Gasteiger partial charge on any atom is 0.194 e. The van der Waals surface area contributed by atoms with Gasteiger partial charge in [0.25, 0.3) is 0 Å². The zero-order chi connectivity index (χ0) is 20.9. The maximum absolute atomic E-state index is 4.94. The van der Waals surface area contributed by atoms with E-state index < -0.39 is 0 Å². The van der Waals surface area contributed by atoms with Crippen molar-refractivity contribution in [2.45, 2.75) is 13.1 Å². The van der Waals surface area contributed by atoms with Gasteiger partial charge in [-0.25, -0.2) is 4.98 Å². The molecule has 1 saturated heterocycles. The van der Waals surface area contributed by atoms with Crippen LogP contribution in [0, 0.1) is 0 Å². The monoisotopic (exact) mass is 407 g/mol. The maximum atomic E-state index is 4.94. The van der Waals surface area contributed by atoms with Crippen LogP contribution in [0.15, 0.2) is 52.2 Å². The van der Waals surface area contributed by atoms with Crippen molar-refractivity contribution >= 4 is 22.7 Å². The van der Waals surface area contributed by atoms with Gasteiger partial charge in [0, 0.05) is 71.9 Å². The van der Waals surface area contributed by atoms with E-state index in [9.17, 15) is 0 Å². The normalized spacial score (nSPS) is 15.6. The molecule has 0 saturated carbocycles. The van der Waals surface area contributed by atoms with Crippen molar-refractivity contribution < 1.29 is 4.52 Å². The van der Waals surface area contributed by atoms with E-state index in [4.69, 9.17) is 9.51 Å². The van der Waals surface area contributed by atoms with E-state index in [1.807, 2.05) is 38.2 Å². The molecule has 1 aromatic carbocycles. The first kappa shape index (κ1) is 20.2. The SMILES string of the molecule is CN=C(NCc1cc(N(C)C)nc2ccccc12)N1CCN(Cc2ccon2)CC1. The quantitative estimate of drug-likeness (QED) is 0.513. The van der Waals surface area contributed by atoms with E-state index in [2.05, 4.69) is 49.5 Å². The van der Waals surface area contributed by atoms with Crippen LogP contribution in [-0.4, -0.2) is 73.2 Å². The number of guanidine groups is 1. The second-order valence-corrected chi connectivity index (χ2v) is 7.71. The molecular formula is C22H29N7O. The van der Waals surface area contributed by atoms with E-state index in [1.165, 1.54) is 10.9 Å². The molecule has 1 fully saturated rings. The van der Waals surface area contributed by atoms with Gasteiger partial charge in [0.1, 0.15) is 12.1 Å². The molecule has 0 aliphatic carbocycles. The highest BCUT2D eigenvalue weighted by Gasteiger charge is 2.20. The molecule has 0 unspecified atom stereocenters. The number of anilines is 1. The molecule has 0 bridgehead atoms. The molecule has 0 amide bonds. The number of nitrogens with zero attached hydrogens (tertiary/aromatic N) is 6. The van der Waals surface area contributed by atoms with E-state index in [-0.39, 0.29) is 0 Å². The number of nitrogens with one attached hydrogen (secondary N) is 1. The molecule has 2 aromatic heterocycles. The topological polar surface area (TPSA) is 73.0 Å². The third-order valence-corrected chi connectivity index (χ3v) is 5.44. The zero-order valence-corrected chi connectivity index (χ0v) is 17.9. The van der Waals surface area contributed by atoms with Crippen molar-refractivity contribution in [3.63, 3.8) is 0 Å². The van der Waals surface area contributed by atoms with Gasteiger partial charge in [-0.2, -0.15) is 0 Å². The van der Waals surface area contributed by atoms with Crippen molar-refractivity contribution in [1.29, 1.82) is 0 Å². The predicted octanol–water partition coefficient (Wildman–Crippen LogP) is 2.18. The Morgan fingerprint density at radius 1 is 1.17 bits per heavy atom. The van der Waals surface area contributed by atoms with Crippen LogP contribution in [0.2, 0.25) is 0 Å². The summed E-state index contributed by atoms with van der Waals surface area (Å²) in [7, 11) is 5.89. The first-order valence-electron chi connectivity index (χ1n) is 10.3. The summed E-state index contributed by atoms with van der Waals surface area (Å²) in [4.78, 5) is 16.0. The van der Waals surface area contributed by atoms with Crippen LogP contribution >= 0.6 is 0 Å². The van der Waals surface area contributed by atoms with Gasteiger partial charge in [0.05, 0.1) is 11.2 Å². The van der Waals surface area contributed by atoms with E-state index >= 15 is 0 Å². The molecular weight excluding hydrogens is 378 g/mol. The number of hydrogen-bond donors (Lipinski definition) is 1. The lowest BCUT2D eigenvalue weighted by atomic mass is 10.1. The summed E-state index contributed by atoms with van der Waals surface area (Å²) in [6, 6.07) is 12.4. The van der Waals surface area contributed by atoms with Crippen molar-refractivity contribution in [1.82, 2.24) is 25.3 Å². The smallest absolute Gasteiger partial charge is 0.194 e. The van der Waals surface area contributed by atoms with Crippen molar-refractivity contribution in [2.24, 2.45) is 4.99 Å². The average Bonchev–Trinajstić information content (AvgIpc) is 3.28. The Morgan fingerprint density at radius 2 is 1.97 bits per heavy atom. The standard InChI is InChI=1S/C22H29N7O/c1-23-22(29-11-9-28(10-12-29)16-18-8-13-30-26-18)24-15-17-14-21(27(2)3)25-20-7-5-4-6-19(17)20/h4-8,13-14H,9-12,15-16H2,1-3H3,(H,23,24). The van der Waals surface area contributed by atoms with Gasteiger partial charge in [-0.15, -0.1) is 0 Å². The number of benzene rings is 1. The molecule has 1 aliphatic heterocycles. The largest absolute Gasteiger partial charge is 0.364 e. The van der Waals surface area contributed by atoms with Crippen LogP contribution in [0.1, 0.15) is 11.3 Å². The third kappa shape index (κ3) is 4.54. The lowest BCUT2D eigenvalue weighted by Gasteiger charge is -2.36. The summed E-state index contributed by atoms with van der Waals surface area (Å²) in [5.41, 5.74) is 3.21. The van der Waals surface area contributed by atoms with Gasteiger partial charge in [-0.1, -0.05) is 23.4 Å². The van der Waals surface area contributed by atoms with E-state index in [1.54, 1.807) is 6.26 Å². The number of piperazine rings is 1. The van der Waals surface area contributed by atoms with Crippen LogP contribution in [0.5, 0.6) is 0 Å². The second kappa shape index (κ2) is 9.13. The Morgan fingerprint density at radius 3 is 2.67 bits per heavy atom. The van der Waals surface area contributed by atoms with Crippen LogP contribution in [0.25, 0.3) is 10.9 Å². The van der Waals surface area contributed by atoms with Crippen LogP contribution in [0.4, 0.5) is 5.82 Å². The number of rotatable bonds is 5. The Bertz CT molecular complexity index is 992. The second-order valence-electron chi connectivity index (χ2n) is 7.71. The third-order valence-electron chi connectivity index (χ3n) is 5.44. The molecule has 1 aliphatic rings. The lowest BCUT2D eigenvalue weighted by molar-refractivity contribution is 0.169. The van der Waals surface area contributed by atoms with Gasteiger partial charge < -0.3 is 19.6 Å². The van der Waals surface area contributed by atoms with Gasteiger partial charge in [-0.05, 0) is 17.7 Å². The number of aromatic nitrogens is 2. The van der Waals surface area contributed by atoms with Crippen LogP contribution in [0.3, 0.4) is 0 Å². The summed E-state index contributed by atoms with van der Waals surface area (Å²) < 4.78 is 4.94. The molecule has 0 spiro atoms. The Balaban J connectivity index is 1.40. The number of para-hydroxylation sites is 1. The average molecular weight is 408 g/mol. The highest BCUT2D eigenvalue weighted by Crippen LogP contribution is 2.22. The Kier molecular flexibility index (Phi) is 6.13. The molecule has 0 atom stereocenters. The Labute approximate surface area is 177 Å². The van der Waals surface area contributed by atoms with Gasteiger partial charge in [0.15, 0.2) is 5.96 Å². The number of pyridine rings is 1. The highest BCUT2D eigenvalue weighted by atomic mass is 16.5. The predicted molar refractivity (Wildman–Crippen MR) is 120 cm³/mol. The summed E-state index contributed by atoms with van der Waals surface area (Å²) in [5.74, 6) is 1.89. The summed E-state index contributed by atoms with van der Waals surface area (Å²) in [5, 5.41) is 8.74. The summed E-state index contributed by atoms with van der Waals surface area (Å²) >= 11 is 0. The lowest BCUT2D eigenvalue weighted by Crippen LogP contribution is -2.52. The fourth-order valence-electron chi connectivity index (χ4n) is 3.78. The first-order valence-corrected chi connectivity index (χ1v) is 10.3. The molecule has 3 heterocycles. The molecule has 8 heteroatoms. The summed E-state index contributed by atoms with van der Waals surface area (Å²) in [6.07, 6.45) is 1.63. The molecule has 158 valence electrons. The fraction of sp³-hybridized carbons (Fsp3) is 0.409. The molecule has 30 heavy (non-hydrogen) atoms. The minimum atomic E-state index is 0.704. The Hall–Kier alpha value is -3.13. The van der Waals surface area contributed by atoms with Crippen molar-refractivity contribution in [3.05, 3.63) is 53.9 Å². The molecule has 3 aromatic rings. The van der Waals surface area contributed by atoms with Crippen LogP contribution < -0.4 is 10.2 Å². The number of fused-ring (bicyclic) bond motifs is 1. The molecule has 8 nitrogen and oxygen atoms in total. The molecule has 1 N–H and O–H groups in total. The minimum Gasteiger partial charge on any atom is -0.364 e. The number of aliphatic imine (C=N–C) groups is 1. The van der Waals surface area contributed by atoms with Gasteiger partial charge in [0.2, 0.25) is 0 Å². The zero-order valence-electron chi connectivity index (χ0n) is 17.9. The van der Waals surface area contributed by atoms with E-state index in [0.717, 1.165) is 55.7 Å². The van der Waals surface area contributed by atoms with Gasteiger partial charge >= 0.3 is 0 Å². The van der Waals surface area contributed by atoms with Crippen molar-refractivity contribution in [3.8, 4) is 0 Å². The first-order chi connectivity index (χ1) is 14.6. The van der Waals surface area contributed by atoms with Gasteiger partial charge in [-0.3, -0.25) is 9.89 Å². The highest BCUT2D eigenvalue weighted by molar-refractivity contribution is 5.85.